The minimum atomic E-state index is -0.287. The molecule has 1 aliphatic heterocycles. The lowest BCUT2D eigenvalue weighted by atomic mass is 10.1. The number of carbonyl (C=O) groups is 1. The maximum atomic E-state index is 12.2. The van der Waals surface area contributed by atoms with Crippen LogP contribution in [0.25, 0.3) is 11.4 Å². The molecule has 136 valence electrons. The van der Waals surface area contributed by atoms with Crippen molar-refractivity contribution in [1.82, 2.24) is 9.97 Å². The topological polar surface area (TPSA) is 76.2 Å². The van der Waals surface area contributed by atoms with E-state index in [4.69, 9.17) is 14.5 Å². The Kier molecular flexibility index (Phi) is 5.44. The lowest BCUT2D eigenvalue weighted by Crippen LogP contribution is -2.18. The molecule has 0 aromatic carbocycles. The number of ether oxygens (including phenoxy) is 2. The summed E-state index contributed by atoms with van der Waals surface area (Å²) >= 11 is 1.62. The summed E-state index contributed by atoms with van der Waals surface area (Å²) < 4.78 is 10.8. The van der Waals surface area contributed by atoms with Crippen LogP contribution in [0.15, 0.2) is 0 Å². The third-order valence-electron chi connectivity index (χ3n) is 4.46. The summed E-state index contributed by atoms with van der Waals surface area (Å²) in [6.45, 7) is 9.68. The fourth-order valence-corrected chi connectivity index (χ4v) is 4.03. The molecule has 2 aromatic heterocycles. The van der Waals surface area contributed by atoms with E-state index in [0.717, 1.165) is 58.6 Å². The molecule has 0 bridgehead atoms. The molecule has 0 amide bonds. The number of aromatic nitrogens is 2. The quantitative estimate of drug-likeness (QED) is 0.763. The first-order valence-electron chi connectivity index (χ1n) is 8.70. The Bertz CT molecular complexity index is 760. The van der Waals surface area contributed by atoms with Gasteiger partial charge in [0.1, 0.15) is 5.69 Å². The predicted octanol–water partition coefficient (Wildman–Crippen LogP) is 3.83. The van der Waals surface area contributed by atoms with Gasteiger partial charge in [0.15, 0.2) is 5.13 Å². The standard InChI is InChI=1S/C18H25N3O3S/c1-5-23-17(22)14-10(2)15(20-11(14)3)16-12(4)25-18(21-16)19-9-13-7-6-8-24-13/h13,20H,5-9H2,1-4H3,(H,19,21)/t13-/m1/s1. The van der Waals surface area contributed by atoms with E-state index in [0.29, 0.717) is 12.2 Å². The summed E-state index contributed by atoms with van der Waals surface area (Å²) in [5.74, 6) is -0.287. The zero-order valence-corrected chi connectivity index (χ0v) is 16.0. The van der Waals surface area contributed by atoms with Crippen molar-refractivity contribution in [3.63, 3.8) is 0 Å². The smallest absolute Gasteiger partial charge is 0.340 e. The van der Waals surface area contributed by atoms with Gasteiger partial charge in [-0.2, -0.15) is 0 Å². The number of anilines is 1. The number of esters is 1. The average molecular weight is 363 g/mol. The number of thiazole rings is 1. The van der Waals surface area contributed by atoms with Gasteiger partial charge < -0.3 is 19.8 Å². The number of rotatable bonds is 6. The number of hydrogen-bond donors (Lipinski definition) is 2. The van der Waals surface area contributed by atoms with E-state index in [-0.39, 0.29) is 12.1 Å². The highest BCUT2D eigenvalue weighted by Crippen LogP contribution is 2.34. The molecule has 1 saturated heterocycles. The van der Waals surface area contributed by atoms with Crippen molar-refractivity contribution in [2.45, 2.75) is 46.6 Å². The second-order valence-corrected chi connectivity index (χ2v) is 7.49. The summed E-state index contributed by atoms with van der Waals surface area (Å²) in [6.07, 6.45) is 2.51. The Morgan fingerprint density at radius 1 is 1.44 bits per heavy atom. The Hall–Kier alpha value is -1.86. The van der Waals surface area contributed by atoms with Crippen molar-refractivity contribution in [1.29, 1.82) is 0 Å². The van der Waals surface area contributed by atoms with Crippen molar-refractivity contribution in [2.24, 2.45) is 0 Å². The second kappa shape index (κ2) is 7.58. The highest BCUT2D eigenvalue weighted by atomic mass is 32.1. The molecule has 0 spiro atoms. The van der Waals surface area contributed by atoms with Gasteiger partial charge in [0.05, 0.1) is 24.0 Å². The van der Waals surface area contributed by atoms with Gasteiger partial charge in [0.25, 0.3) is 0 Å². The molecule has 0 radical (unpaired) electrons. The normalized spacial score (nSPS) is 17.0. The Morgan fingerprint density at radius 3 is 2.92 bits per heavy atom. The SMILES string of the molecule is CCOC(=O)c1c(C)[nH]c(-c2nc(NC[C@H]3CCCO3)sc2C)c1C. The van der Waals surface area contributed by atoms with Crippen LogP contribution in [-0.4, -0.2) is 41.8 Å². The number of H-pyrrole nitrogens is 1. The number of aromatic amines is 1. The average Bonchev–Trinajstić information content (AvgIpc) is 3.26. The van der Waals surface area contributed by atoms with Crippen LogP contribution in [0.5, 0.6) is 0 Å². The van der Waals surface area contributed by atoms with Crippen molar-refractivity contribution in [3.8, 4) is 11.4 Å². The van der Waals surface area contributed by atoms with Crippen LogP contribution >= 0.6 is 11.3 Å². The number of nitrogens with zero attached hydrogens (tertiary/aromatic N) is 1. The molecule has 6 nitrogen and oxygen atoms in total. The lowest BCUT2D eigenvalue weighted by Gasteiger charge is -2.09. The highest BCUT2D eigenvalue weighted by molar-refractivity contribution is 7.16. The monoisotopic (exact) mass is 363 g/mol. The van der Waals surface area contributed by atoms with Gasteiger partial charge in [-0.1, -0.05) is 0 Å². The van der Waals surface area contributed by atoms with E-state index >= 15 is 0 Å². The van der Waals surface area contributed by atoms with Crippen molar-refractivity contribution in [3.05, 3.63) is 21.7 Å². The van der Waals surface area contributed by atoms with Crippen LogP contribution in [0.1, 0.15) is 46.3 Å². The Morgan fingerprint density at radius 2 is 2.24 bits per heavy atom. The summed E-state index contributed by atoms with van der Waals surface area (Å²) in [5.41, 5.74) is 4.08. The van der Waals surface area contributed by atoms with Crippen LogP contribution in [0.4, 0.5) is 5.13 Å². The van der Waals surface area contributed by atoms with Crippen molar-refractivity contribution >= 4 is 22.4 Å². The van der Waals surface area contributed by atoms with Gasteiger partial charge in [-0.25, -0.2) is 9.78 Å². The molecule has 1 fully saturated rings. The first-order valence-corrected chi connectivity index (χ1v) is 9.52. The first kappa shape index (κ1) is 17.9. The van der Waals surface area contributed by atoms with Gasteiger partial charge >= 0.3 is 5.97 Å². The molecule has 0 unspecified atom stereocenters. The fourth-order valence-electron chi connectivity index (χ4n) is 3.21. The zero-order chi connectivity index (χ0) is 18.0. The molecule has 1 atom stereocenters. The molecular formula is C18H25N3O3S. The summed E-state index contributed by atoms with van der Waals surface area (Å²) in [4.78, 5) is 21.3. The summed E-state index contributed by atoms with van der Waals surface area (Å²) in [6, 6.07) is 0. The predicted molar refractivity (Wildman–Crippen MR) is 99.5 cm³/mol. The van der Waals surface area contributed by atoms with Gasteiger partial charge in [-0.15, -0.1) is 11.3 Å². The van der Waals surface area contributed by atoms with E-state index in [1.807, 2.05) is 27.7 Å². The van der Waals surface area contributed by atoms with Crippen molar-refractivity contribution in [2.75, 3.05) is 25.1 Å². The summed E-state index contributed by atoms with van der Waals surface area (Å²) in [7, 11) is 0. The molecule has 3 heterocycles. The van der Waals surface area contributed by atoms with Crippen LogP contribution in [0.2, 0.25) is 0 Å². The molecule has 1 aliphatic rings. The minimum absolute atomic E-state index is 0.276. The lowest BCUT2D eigenvalue weighted by molar-refractivity contribution is 0.0525. The molecule has 0 saturated carbocycles. The van der Waals surface area contributed by atoms with E-state index in [1.165, 1.54) is 0 Å². The van der Waals surface area contributed by atoms with Crippen LogP contribution in [0.3, 0.4) is 0 Å². The molecule has 7 heteroatoms. The van der Waals surface area contributed by atoms with E-state index in [1.54, 1.807) is 11.3 Å². The third-order valence-corrected chi connectivity index (χ3v) is 5.38. The van der Waals surface area contributed by atoms with E-state index in [9.17, 15) is 4.79 Å². The molecular weight excluding hydrogens is 338 g/mol. The van der Waals surface area contributed by atoms with Crippen LogP contribution in [-0.2, 0) is 9.47 Å². The van der Waals surface area contributed by atoms with Gasteiger partial charge in [-0.3, -0.25) is 0 Å². The van der Waals surface area contributed by atoms with Gasteiger partial charge in [-0.05, 0) is 46.1 Å². The molecule has 2 N–H and O–H groups in total. The van der Waals surface area contributed by atoms with Gasteiger partial charge in [0.2, 0.25) is 0 Å². The van der Waals surface area contributed by atoms with Crippen LogP contribution < -0.4 is 5.32 Å². The second-order valence-electron chi connectivity index (χ2n) is 6.29. The van der Waals surface area contributed by atoms with E-state index < -0.39 is 0 Å². The number of nitrogens with one attached hydrogen (secondary N) is 2. The summed E-state index contributed by atoms with van der Waals surface area (Å²) in [5, 5.41) is 4.26. The Labute approximate surface area is 152 Å². The number of carbonyl (C=O) groups excluding carboxylic acids is 1. The zero-order valence-electron chi connectivity index (χ0n) is 15.2. The van der Waals surface area contributed by atoms with Crippen LogP contribution in [0, 0.1) is 20.8 Å². The minimum Gasteiger partial charge on any atom is -0.462 e. The molecule has 2 aromatic rings. The first-order chi connectivity index (χ1) is 12.0. The highest BCUT2D eigenvalue weighted by Gasteiger charge is 2.23. The molecule has 0 aliphatic carbocycles. The largest absolute Gasteiger partial charge is 0.462 e. The van der Waals surface area contributed by atoms with Crippen molar-refractivity contribution < 1.29 is 14.3 Å². The molecule has 3 rings (SSSR count). The number of aryl methyl sites for hydroxylation is 2. The van der Waals surface area contributed by atoms with E-state index in [2.05, 4.69) is 10.3 Å². The maximum absolute atomic E-state index is 12.2. The third kappa shape index (κ3) is 3.72. The Balaban J connectivity index is 1.82. The fraction of sp³-hybridized carbons (Fsp3) is 0.556. The maximum Gasteiger partial charge on any atom is 0.340 e. The number of hydrogen-bond acceptors (Lipinski definition) is 6. The van der Waals surface area contributed by atoms with Gasteiger partial charge in [0, 0.05) is 23.7 Å². The molecule has 25 heavy (non-hydrogen) atoms.